The van der Waals surface area contributed by atoms with Gasteiger partial charge in [-0.25, -0.2) is 8.78 Å². The minimum Gasteiger partial charge on any atom is -0.308 e. The number of para-hydroxylation sites is 2. The highest BCUT2D eigenvalue weighted by atomic mass is 32.1. The normalized spacial score (nSPS) is 13.8. The molecule has 0 N–H and O–H groups in total. The van der Waals surface area contributed by atoms with E-state index in [2.05, 4.69) is 137 Å². The molecule has 13 aromatic rings. The summed E-state index contributed by atoms with van der Waals surface area (Å²) in [7, 11) is 0. The zero-order valence-electron chi connectivity index (χ0n) is 35.8. The van der Waals surface area contributed by atoms with Crippen molar-refractivity contribution in [2.24, 2.45) is 0 Å². The summed E-state index contributed by atoms with van der Waals surface area (Å²) in [5.41, 5.74) is 11.9. The predicted molar refractivity (Wildman–Crippen MR) is 278 cm³/mol. The Bertz CT molecular complexity index is 3850. The van der Waals surface area contributed by atoms with Crippen LogP contribution in [0.1, 0.15) is 43.6 Å². The summed E-state index contributed by atoms with van der Waals surface area (Å²) in [6, 6.07) is 61.1. The minimum absolute atomic E-state index is 0.187. The summed E-state index contributed by atoms with van der Waals surface area (Å²) in [6.07, 6.45) is 5.51. The van der Waals surface area contributed by atoms with Gasteiger partial charge in [0, 0.05) is 78.6 Å². The van der Waals surface area contributed by atoms with Crippen LogP contribution in [0.5, 0.6) is 0 Å². The molecule has 0 amide bonds. The van der Waals surface area contributed by atoms with Gasteiger partial charge in [0.2, 0.25) is 0 Å². The summed E-state index contributed by atoms with van der Waals surface area (Å²) in [5.74, 6) is -0.360. The van der Waals surface area contributed by atoms with Gasteiger partial charge >= 0.3 is 0 Å². The number of halogens is 2. The van der Waals surface area contributed by atoms with Crippen molar-refractivity contribution >= 4 is 107 Å². The van der Waals surface area contributed by atoms with Gasteiger partial charge in [-0.2, -0.15) is 0 Å². The zero-order valence-corrected chi connectivity index (χ0v) is 37.5. The maximum Gasteiger partial charge on any atom is 0.123 e. The van der Waals surface area contributed by atoms with Crippen LogP contribution in [-0.4, -0.2) is 9.13 Å². The maximum absolute atomic E-state index is 15.1. The van der Waals surface area contributed by atoms with E-state index in [9.17, 15) is 0 Å². The molecule has 0 spiro atoms. The van der Waals surface area contributed by atoms with Gasteiger partial charge in [-0.3, -0.25) is 0 Å². The molecule has 316 valence electrons. The summed E-state index contributed by atoms with van der Waals surface area (Å²) in [6.45, 7) is 0. The first-order chi connectivity index (χ1) is 32.6. The second-order valence-electron chi connectivity index (χ2n) is 18.0. The molecule has 4 heterocycles. The molecule has 1 aliphatic carbocycles. The quantitative estimate of drug-likeness (QED) is 0.163. The first-order valence-corrected chi connectivity index (χ1v) is 24.6. The molecule has 1 saturated carbocycles. The second-order valence-corrected chi connectivity index (χ2v) is 20.2. The Labute approximate surface area is 387 Å². The van der Waals surface area contributed by atoms with E-state index in [-0.39, 0.29) is 17.6 Å². The third kappa shape index (κ3) is 5.55. The fourth-order valence-electron chi connectivity index (χ4n) is 11.7. The lowest BCUT2D eigenvalue weighted by molar-refractivity contribution is 0.442. The Kier molecular flexibility index (Phi) is 8.50. The Morgan fingerprint density at radius 1 is 0.379 bits per heavy atom. The fourth-order valence-corrected chi connectivity index (χ4v) is 13.9. The summed E-state index contributed by atoms with van der Waals surface area (Å²) >= 11 is 3.70. The minimum atomic E-state index is -0.274. The van der Waals surface area contributed by atoms with Gasteiger partial charge in [0.15, 0.2) is 0 Å². The maximum atomic E-state index is 15.1. The van der Waals surface area contributed by atoms with Crippen LogP contribution in [0.3, 0.4) is 0 Å². The van der Waals surface area contributed by atoms with Gasteiger partial charge in [-0.1, -0.05) is 116 Å². The molecule has 0 saturated heterocycles. The average Bonchev–Trinajstić information content (AvgIpc) is 4.12. The largest absolute Gasteiger partial charge is 0.308 e. The highest BCUT2D eigenvalue weighted by Crippen LogP contribution is 2.53. The number of hydrogen-bond donors (Lipinski definition) is 0. The van der Waals surface area contributed by atoms with Crippen molar-refractivity contribution in [1.82, 2.24) is 9.13 Å². The topological polar surface area (TPSA) is 9.86 Å². The van der Waals surface area contributed by atoms with Crippen molar-refractivity contribution in [2.45, 2.75) is 38.0 Å². The zero-order chi connectivity index (χ0) is 43.6. The monoisotopic (exact) mass is 890 g/mol. The van der Waals surface area contributed by atoms with Gasteiger partial charge in [0.25, 0.3) is 0 Å². The number of fused-ring (bicyclic) bond motifs is 14. The van der Waals surface area contributed by atoms with Crippen molar-refractivity contribution in [3.63, 3.8) is 0 Å². The van der Waals surface area contributed by atoms with Gasteiger partial charge in [0.1, 0.15) is 11.6 Å². The molecule has 9 aromatic carbocycles. The Morgan fingerprint density at radius 3 is 1.27 bits per heavy atom. The highest BCUT2D eigenvalue weighted by Gasteiger charge is 2.33. The second kappa shape index (κ2) is 14.7. The van der Waals surface area contributed by atoms with Gasteiger partial charge in [0.05, 0.1) is 33.4 Å². The molecule has 6 heteroatoms. The Hall–Kier alpha value is -7.12. The van der Waals surface area contributed by atoms with Crippen LogP contribution in [0, 0.1) is 11.6 Å². The number of thiophene rings is 2. The van der Waals surface area contributed by atoms with Crippen molar-refractivity contribution in [2.75, 3.05) is 0 Å². The molecular weight excluding hydrogens is 851 g/mol. The molecule has 4 aromatic heterocycles. The smallest absolute Gasteiger partial charge is 0.123 e. The van der Waals surface area contributed by atoms with E-state index in [0.717, 1.165) is 81.4 Å². The molecule has 0 aliphatic heterocycles. The van der Waals surface area contributed by atoms with E-state index in [1.54, 1.807) is 24.3 Å². The van der Waals surface area contributed by atoms with Crippen molar-refractivity contribution < 1.29 is 8.78 Å². The Morgan fingerprint density at radius 2 is 0.803 bits per heavy atom. The van der Waals surface area contributed by atoms with Crippen LogP contribution >= 0.6 is 22.7 Å². The molecule has 0 unspecified atom stereocenters. The van der Waals surface area contributed by atoms with E-state index in [1.165, 1.54) is 73.9 Å². The van der Waals surface area contributed by atoms with Crippen molar-refractivity contribution in [1.29, 1.82) is 0 Å². The first-order valence-electron chi connectivity index (χ1n) is 23.0. The lowest BCUT2D eigenvalue weighted by Gasteiger charge is -2.32. The molecule has 0 bridgehead atoms. The van der Waals surface area contributed by atoms with Gasteiger partial charge in [-0.05, 0) is 109 Å². The fraction of sp³-hybridized carbons (Fsp3) is 0.100. The van der Waals surface area contributed by atoms with Crippen LogP contribution < -0.4 is 0 Å². The molecule has 1 aliphatic rings. The molecule has 0 atom stereocenters. The van der Waals surface area contributed by atoms with Crippen LogP contribution in [-0.2, 0) is 0 Å². The highest BCUT2D eigenvalue weighted by molar-refractivity contribution is 7.26. The summed E-state index contributed by atoms with van der Waals surface area (Å²) in [5, 5.41) is 9.99. The third-order valence-electron chi connectivity index (χ3n) is 14.4. The SMILES string of the molecule is Fc1ccc(-c2cc(-c3ccc(F)cc3)c(-n3c4ccccc4c4c5c(ccc43)sc3ccccc35)c(C3CCCCC3)c2-n2c3ccccc3c3c4c(ccc32)sc2ccccc24)cc1. The summed E-state index contributed by atoms with van der Waals surface area (Å²) < 4.78 is 40.3. The molecule has 2 nitrogen and oxygen atoms in total. The van der Waals surface area contributed by atoms with E-state index in [1.807, 2.05) is 46.9 Å². The molecule has 66 heavy (non-hydrogen) atoms. The lowest BCUT2D eigenvalue weighted by atomic mass is 9.79. The number of nitrogens with zero attached hydrogens (tertiary/aromatic N) is 2. The molecular formula is C60H40F2N2S2. The predicted octanol–water partition coefficient (Wildman–Crippen LogP) is 18.3. The van der Waals surface area contributed by atoms with Gasteiger partial charge < -0.3 is 9.13 Å². The van der Waals surface area contributed by atoms with Crippen LogP contribution in [0.2, 0.25) is 0 Å². The lowest BCUT2D eigenvalue weighted by Crippen LogP contribution is -2.15. The van der Waals surface area contributed by atoms with E-state index < -0.39 is 0 Å². The third-order valence-corrected chi connectivity index (χ3v) is 16.7. The summed E-state index contributed by atoms with van der Waals surface area (Å²) in [4.78, 5) is 0. The molecule has 1 fully saturated rings. The molecule has 14 rings (SSSR count). The van der Waals surface area contributed by atoms with E-state index in [0.29, 0.717) is 0 Å². The van der Waals surface area contributed by atoms with Crippen LogP contribution in [0.15, 0.2) is 176 Å². The number of hydrogen-bond acceptors (Lipinski definition) is 2. The molecule has 0 radical (unpaired) electrons. The van der Waals surface area contributed by atoms with Crippen molar-refractivity contribution in [3.8, 4) is 33.6 Å². The van der Waals surface area contributed by atoms with E-state index in [4.69, 9.17) is 0 Å². The first kappa shape index (κ1) is 38.2. The standard InChI is InChI=1S/C60H40F2N2S2/c61-38-26-22-35(23-27-38)44-34-45(36-24-28-39(62)29-25-36)60(64-47-19-9-5-15-41(47)56-49(64)31-33-53-58(56)43-17-7-11-21-51(43)66-53)54(37-12-2-1-3-13-37)59(44)63-46-18-8-4-14-40(46)55-48(63)30-32-52-57(55)42-16-6-10-20-50(42)65-52/h4-11,14-34,37H,1-3,12-13H2. The number of rotatable bonds is 5. The average molecular weight is 891 g/mol. The number of aromatic nitrogens is 2. The van der Waals surface area contributed by atoms with Gasteiger partial charge in [-0.15, -0.1) is 22.7 Å². The number of benzene rings is 9. The van der Waals surface area contributed by atoms with Crippen LogP contribution in [0.4, 0.5) is 8.78 Å². The van der Waals surface area contributed by atoms with Crippen LogP contribution in [0.25, 0.3) is 118 Å². The van der Waals surface area contributed by atoms with Crippen molar-refractivity contribution in [3.05, 3.63) is 193 Å². The Balaban J connectivity index is 1.24. The van der Waals surface area contributed by atoms with E-state index >= 15 is 8.78 Å².